The molecule has 92 valence electrons. The van der Waals surface area contributed by atoms with Gasteiger partial charge in [0.15, 0.2) is 0 Å². The highest BCUT2D eigenvalue weighted by Gasteiger charge is 2.18. The lowest BCUT2D eigenvalue weighted by Crippen LogP contribution is -2.38. The Morgan fingerprint density at radius 2 is 2.12 bits per heavy atom. The number of hydrogen-bond donors (Lipinski definition) is 3. The van der Waals surface area contributed by atoms with Crippen LogP contribution in [-0.2, 0) is 4.79 Å². The minimum Gasteiger partial charge on any atom is -0.397 e. The molecule has 0 aliphatic carbocycles. The van der Waals surface area contributed by atoms with Crippen molar-refractivity contribution in [3.05, 3.63) is 18.0 Å². The van der Waals surface area contributed by atoms with Crippen molar-refractivity contribution in [3.63, 3.8) is 0 Å². The van der Waals surface area contributed by atoms with Crippen LogP contribution >= 0.6 is 0 Å². The van der Waals surface area contributed by atoms with Gasteiger partial charge in [-0.2, -0.15) is 0 Å². The Morgan fingerprint density at radius 1 is 1.41 bits per heavy atom. The number of rotatable bonds is 3. The molecule has 6 heteroatoms. The molecule has 17 heavy (non-hydrogen) atoms. The molecule has 1 saturated heterocycles. The highest BCUT2D eigenvalue weighted by atomic mass is 16.2. The number of carbonyl (C=O) groups is 2. The second kappa shape index (κ2) is 4.90. The van der Waals surface area contributed by atoms with Crippen LogP contribution in [0.25, 0.3) is 0 Å². The fraction of sp³-hybridized carbons (Fsp3) is 0.455. The summed E-state index contributed by atoms with van der Waals surface area (Å²) < 4.78 is 0. The summed E-state index contributed by atoms with van der Waals surface area (Å²) in [6, 6.07) is 1.54. The maximum Gasteiger partial charge on any atom is 0.268 e. The maximum atomic E-state index is 11.7. The Balaban J connectivity index is 1.81. The number of anilines is 1. The summed E-state index contributed by atoms with van der Waals surface area (Å²) in [7, 11) is 0. The molecule has 6 nitrogen and oxygen atoms in total. The molecule has 1 fully saturated rings. The zero-order valence-corrected chi connectivity index (χ0v) is 9.53. The largest absolute Gasteiger partial charge is 0.397 e. The molecule has 0 saturated carbocycles. The van der Waals surface area contributed by atoms with E-state index in [1.807, 2.05) is 0 Å². The number of nitrogen functional groups attached to an aromatic ring is 1. The predicted octanol–water partition coefficient (Wildman–Crippen LogP) is -0.0509. The molecule has 0 aromatic carbocycles. The van der Waals surface area contributed by atoms with E-state index in [4.69, 9.17) is 5.73 Å². The first-order valence-electron chi connectivity index (χ1n) is 5.66. The van der Waals surface area contributed by atoms with Gasteiger partial charge in [0.2, 0.25) is 5.91 Å². The zero-order chi connectivity index (χ0) is 12.3. The van der Waals surface area contributed by atoms with E-state index in [1.165, 1.54) is 12.3 Å². The van der Waals surface area contributed by atoms with Crippen molar-refractivity contribution in [2.24, 2.45) is 0 Å². The third kappa shape index (κ3) is 2.77. The molecule has 1 aromatic heterocycles. The number of nitrogens with one attached hydrogen (secondary N) is 2. The molecule has 1 aromatic rings. The molecular formula is C11H16N4O2. The highest BCUT2D eigenvalue weighted by Crippen LogP contribution is 2.07. The lowest BCUT2D eigenvalue weighted by atomic mass is 10.4. The van der Waals surface area contributed by atoms with Crippen molar-refractivity contribution < 1.29 is 9.59 Å². The lowest BCUT2D eigenvalue weighted by Gasteiger charge is -2.15. The van der Waals surface area contributed by atoms with E-state index in [1.54, 1.807) is 4.90 Å². The number of aromatic amines is 1. The fourth-order valence-electron chi connectivity index (χ4n) is 1.87. The molecule has 0 atom stereocenters. The topological polar surface area (TPSA) is 91.2 Å². The van der Waals surface area contributed by atoms with Crippen molar-refractivity contribution >= 4 is 17.5 Å². The van der Waals surface area contributed by atoms with Crippen LogP contribution in [0.3, 0.4) is 0 Å². The smallest absolute Gasteiger partial charge is 0.268 e. The van der Waals surface area contributed by atoms with Gasteiger partial charge in [0.05, 0.1) is 6.54 Å². The van der Waals surface area contributed by atoms with E-state index in [2.05, 4.69) is 10.3 Å². The number of aromatic nitrogens is 1. The third-order valence-corrected chi connectivity index (χ3v) is 2.81. The SMILES string of the molecule is Nc1c[nH]c(C(=O)NCC(=O)N2CCCC2)c1. The second-order valence-electron chi connectivity index (χ2n) is 4.12. The molecule has 2 heterocycles. The number of nitrogens with zero attached hydrogens (tertiary/aromatic N) is 1. The van der Waals surface area contributed by atoms with Gasteiger partial charge in [-0.15, -0.1) is 0 Å². The maximum absolute atomic E-state index is 11.7. The average Bonchev–Trinajstić information content (AvgIpc) is 2.95. The van der Waals surface area contributed by atoms with Crippen molar-refractivity contribution in [1.29, 1.82) is 0 Å². The van der Waals surface area contributed by atoms with Crippen LogP contribution in [0.2, 0.25) is 0 Å². The monoisotopic (exact) mass is 236 g/mol. The molecule has 0 unspecified atom stereocenters. The van der Waals surface area contributed by atoms with Crippen LogP contribution in [-0.4, -0.2) is 41.3 Å². The van der Waals surface area contributed by atoms with Crippen LogP contribution in [0.5, 0.6) is 0 Å². The Bertz CT molecular complexity index is 421. The number of nitrogens with two attached hydrogens (primary N) is 1. The summed E-state index contributed by atoms with van der Waals surface area (Å²) in [5.74, 6) is -0.343. The van der Waals surface area contributed by atoms with E-state index in [0.717, 1.165) is 25.9 Å². The number of H-pyrrole nitrogens is 1. The standard InChI is InChI=1S/C11H16N4O2/c12-8-5-9(13-6-8)11(17)14-7-10(16)15-3-1-2-4-15/h5-6,13H,1-4,7,12H2,(H,14,17). The molecule has 0 radical (unpaired) electrons. The highest BCUT2D eigenvalue weighted by molar-refractivity contribution is 5.95. The first kappa shape index (κ1) is 11.5. The predicted molar refractivity (Wildman–Crippen MR) is 63.4 cm³/mol. The van der Waals surface area contributed by atoms with Crippen LogP contribution in [0, 0.1) is 0 Å². The van der Waals surface area contributed by atoms with Crippen molar-refractivity contribution in [2.45, 2.75) is 12.8 Å². The summed E-state index contributed by atoms with van der Waals surface area (Å²) in [6.07, 6.45) is 3.64. The van der Waals surface area contributed by atoms with Gasteiger partial charge >= 0.3 is 0 Å². The van der Waals surface area contributed by atoms with E-state index >= 15 is 0 Å². The van der Waals surface area contributed by atoms with Gasteiger partial charge in [-0.1, -0.05) is 0 Å². The van der Waals surface area contributed by atoms with E-state index in [9.17, 15) is 9.59 Å². The minimum absolute atomic E-state index is 0.0321. The summed E-state index contributed by atoms with van der Waals surface area (Å²) in [6.45, 7) is 1.63. The fourth-order valence-corrected chi connectivity index (χ4v) is 1.87. The number of likely N-dealkylation sites (tertiary alicyclic amines) is 1. The Morgan fingerprint density at radius 3 is 2.71 bits per heavy atom. The zero-order valence-electron chi connectivity index (χ0n) is 9.53. The van der Waals surface area contributed by atoms with Gasteiger partial charge in [0.1, 0.15) is 5.69 Å². The molecule has 4 N–H and O–H groups in total. The number of hydrogen-bond acceptors (Lipinski definition) is 3. The van der Waals surface area contributed by atoms with E-state index in [0.29, 0.717) is 11.4 Å². The summed E-state index contributed by atoms with van der Waals surface area (Å²) in [5, 5.41) is 2.57. The van der Waals surface area contributed by atoms with Gasteiger partial charge in [-0.05, 0) is 18.9 Å². The first-order valence-corrected chi connectivity index (χ1v) is 5.66. The van der Waals surface area contributed by atoms with Gasteiger partial charge in [-0.3, -0.25) is 9.59 Å². The van der Waals surface area contributed by atoms with Crippen molar-refractivity contribution in [3.8, 4) is 0 Å². The lowest BCUT2D eigenvalue weighted by molar-refractivity contribution is -0.129. The first-order chi connectivity index (χ1) is 8.16. The molecule has 0 bridgehead atoms. The molecule has 2 rings (SSSR count). The second-order valence-corrected chi connectivity index (χ2v) is 4.12. The van der Waals surface area contributed by atoms with Crippen molar-refractivity contribution in [1.82, 2.24) is 15.2 Å². The van der Waals surface area contributed by atoms with E-state index < -0.39 is 0 Å². The van der Waals surface area contributed by atoms with Crippen LogP contribution in [0.15, 0.2) is 12.3 Å². The average molecular weight is 236 g/mol. The van der Waals surface area contributed by atoms with E-state index in [-0.39, 0.29) is 18.4 Å². The van der Waals surface area contributed by atoms with Crippen LogP contribution < -0.4 is 11.1 Å². The molecule has 1 aliphatic rings. The van der Waals surface area contributed by atoms with Gasteiger partial charge in [0, 0.05) is 25.0 Å². The minimum atomic E-state index is -0.311. The Kier molecular flexibility index (Phi) is 3.32. The molecule has 1 aliphatic heterocycles. The van der Waals surface area contributed by atoms with Gasteiger partial charge in [-0.25, -0.2) is 0 Å². The number of carbonyl (C=O) groups excluding carboxylic acids is 2. The van der Waals surface area contributed by atoms with Crippen LogP contribution in [0.1, 0.15) is 23.3 Å². The molecular weight excluding hydrogens is 220 g/mol. The van der Waals surface area contributed by atoms with Crippen molar-refractivity contribution in [2.75, 3.05) is 25.4 Å². The van der Waals surface area contributed by atoms with Crippen LogP contribution in [0.4, 0.5) is 5.69 Å². The summed E-state index contributed by atoms with van der Waals surface area (Å²) >= 11 is 0. The van der Waals surface area contributed by atoms with Gasteiger partial charge in [0.25, 0.3) is 5.91 Å². The number of amides is 2. The Labute approximate surface area is 99.2 Å². The third-order valence-electron chi connectivity index (χ3n) is 2.81. The normalized spacial score (nSPS) is 14.9. The molecule has 2 amide bonds. The van der Waals surface area contributed by atoms with Gasteiger partial charge < -0.3 is 20.9 Å². The summed E-state index contributed by atoms with van der Waals surface area (Å²) in [4.78, 5) is 27.8. The summed E-state index contributed by atoms with van der Waals surface area (Å²) in [5.41, 5.74) is 6.36. The quantitative estimate of drug-likeness (QED) is 0.687. The molecule has 0 spiro atoms. The Hall–Kier alpha value is -1.98.